The van der Waals surface area contributed by atoms with E-state index in [1.165, 1.54) is 18.4 Å². The molecule has 0 aromatic rings. The van der Waals surface area contributed by atoms with Crippen LogP contribution >= 0.6 is 0 Å². The summed E-state index contributed by atoms with van der Waals surface area (Å²) in [5, 5.41) is 10.6. The van der Waals surface area contributed by atoms with E-state index in [0.717, 1.165) is 30.1 Å². The number of hydrogen-bond donors (Lipinski definition) is 1. The molecule has 0 heterocycles. The smallest absolute Gasteiger partial charge is 0.0656 e. The van der Waals surface area contributed by atoms with Crippen molar-refractivity contribution in [2.24, 2.45) is 35.5 Å². The zero-order valence-electron chi connectivity index (χ0n) is 10.7. The normalized spacial score (nSPS) is 55.1. The van der Waals surface area contributed by atoms with Crippen LogP contribution in [-0.2, 0) is 0 Å². The van der Waals surface area contributed by atoms with Gasteiger partial charge in [-0.1, -0.05) is 26.0 Å². The van der Waals surface area contributed by atoms with Gasteiger partial charge in [0.15, 0.2) is 0 Å². The molecular formula is C15H24O. The van der Waals surface area contributed by atoms with Crippen LogP contribution in [0, 0.1) is 35.5 Å². The molecule has 0 aliphatic heterocycles. The summed E-state index contributed by atoms with van der Waals surface area (Å²) in [6.07, 6.45) is 3.39. The molecule has 3 aliphatic carbocycles. The van der Waals surface area contributed by atoms with Crippen molar-refractivity contribution in [3.63, 3.8) is 0 Å². The molecule has 0 radical (unpaired) electrons. The molecule has 3 rings (SSSR count). The van der Waals surface area contributed by atoms with E-state index in [9.17, 15) is 5.11 Å². The Balaban J connectivity index is 1.91. The lowest BCUT2D eigenvalue weighted by molar-refractivity contribution is -0.00431. The van der Waals surface area contributed by atoms with Crippen LogP contribution in [0.3, 0.4) is 0 Å². The van der Waals surface area contributed by atoms with Crippen LogP contribution in [0.2, 0.25) is 0 Å². The van der Waals surface area contributed by atoms with Gasteiger partial charge in [-0.05, 0) is 61.7 Å². The van der Waals surface area contributed by atoms with E-state index in [1.807, 2.05) is 0 Å². The Bertz CT molecular complexity index is 328. The Morgan fingerprint density at radius 1 is 1.44 bits per heavy atom. The Labute approximate surface area is 98.9 Å². The van der Waals surface area contributed by atoms with Gasteiger partial charge in [0.2, 0.25) is 0 Å². The molecule has 3 saturated carbocycles. The summed E-state index contributed by atoms with van der Waals surface area (Å²) >= 11 is 0. The minimum absolute atomic E-state index is 0.416. The summed E-state index contributed by atoms with van der Waals surface area (Å²) in [7, 11) is 0. The second-order valence-electron chi connectivity index (χ2n) is 6.95. The number of hydrogen-bond acceptors (Lipinski definition) is 1. The second-order valence-corrected chi connectivity index (χ2v) is 6.95. The molecule has 3 aliphatic rings. The Morgan fingerprint density at radius 2 is 2.12 bits per heavy atom. The molecule has 3 fully saturated rings. The molecular weight excluding hydrogens is 196 g/mol. The Hall–Kier alpha value is -0.300. The van der Waals surface area contributed by atoms with E-state index >= 15 is 0 Å². The first-order valence-electron chi connectivity index (χ1n) is 6.83. The van der Waals surface area contributed by atoms with Crippen LogP contribution in [-0.4, -0.2) is 10.7 Å². The van der Waals surface area contributed by atoms with Gasteiger partial charge in [0, 0.05) is 0 Å². The van der Waals surface area contributed by atoms with Crippen molar-refractivity contribution >= 4 is 0 Å². The van der Waals surface area contributed by atoms with Crippen LogP contribution in [0.1, 0.15) is 40.0 Å². The maximum Gasteiger partial charge on any atom is 0.0656 e. The molecule has 0 saturated heterocycles. The topological polar surface area (TPSA) is 20.2 Å². The molecule has 0 spiro atoms. The summed E-state index contributed by atoms with van der Waals surface area (Å²) in [6.45, 7) is 11.0. The molecule has 90 valence electrons. The highest BCUT2D eigenvalue weighted by molar-refractivity contribution is 5.24. The van der Waals surface area contributed by atoms with Crippen LogP contribution in [0.15, 0.2) is 12.2 Å². The highest BCUT2D eigenvalue weighted by Gasteiger charge is 2.65. The maximum absolute atomic E-state index is 10.6. The lowest BCUT2D eigenvalue weighted by Gasteiger charge is -2.34. The van der Waals surface area contributed by atoms with Crippen LogP contribution in [0.5, 0.6) is 0 Å². The van der Waals surface area contributed by atoms with Gasteiger partial charge in [0.25, 0.3) is 0 Å². The van der Waals surface area contributed by atoms with Crippen LogP contribution < -0.4 is 0 Å². The average Bonchev–Trinajstić information content (AvgIpc) is 2.77. The quantitative estimate of drug-likeness (QED) is 0.673. The molecule has 16 heavy (non-hydrogen) atoms. The fraction of sp³-hybridized carbons (Fsp3) is 0.867. The molecule has 1 heteroatoms. The summed E-state index contributed by atoms with van der Waals surface area (Å²) in [4.78, 5) is 0. The number of fused-ring (bicyclic) bond motifs is 3. The lowest BCUT2D eigenvalue weighted by Crippen LogP contribution is -2.36. The van der Waals surface area contributed by atoms with E-state index in [1.54, 1.807) is 0 Å². The summed E-state index contributed by atoms with van der Waals surface area (Å²) < 4.78 is 0. The first kappa shape index (κ1) is 10.8. The van der Waals surface area contributed by atoms with Gasteiger partial charge in [-0.2, -0.15) is 0 Å². The monoisotopic (exact) mass is 220 g/mol. The van der Waals surface area contributed by atoms with E-state index in [-0.39, 0.29) is 0 Å². The second kappa shape index (κ2) is 3.13. The van der Waals surface area contributed by atoms with Crippen LogP contribution in [0.4, 0.5) is 0 Å². The van der Waals surface area contributed by atoms with Crippen molar-refractivity contribution in [2.75, 3.05) is 0 Å². The zero-order chi connectivity index (χ0) is 11.7. The van der Waals surface area contributed by atoms with Gasteiger partial charge in [-0.25, -0.2) is 0 Å². The van der Waals surface area contributed by atoms with E-state index in [4.69, 9.17) is 0 Å². The SMILES string of the molecule is C=C1C[C@H]2[C@H](C(C)C)[C@H]2[C@H]2[C@@H]1CC[C@@]2(C)O. The highest BCUT2D eigenvalue weighted by Crippen LogP contribution is 2.68. The van der Waals surface area contributed by atoms with Crippen molar-refractivity contribution in [3.8, 4) is 0 Å². The third-order valence-corrected chi connectivity index (χ3v) is 5.61. The molecule has 0 aromatic heterocycles. The third-order valence-electron chi connectivity index (χ3n) is 5.61. The summed E-state index contributed by atoms with van der Waals surface area (Å²) in [6, 6.07) is 0. The lowest BCUT2D eigenvalue weighted by atomic mass is 9.74. The van der Waals surface area contributed by atoms with Crippen molar-refractivity contribution in [1.82, 2.24) is 0 Å². The van der Waals surface area contributed by atoms with Crippen molar-refractivity contribution in [3.05, 3.63) is 12.2 Å². The van der Waals surface area contributed by atoms with Crippen LogP contribution in [0.25, 0.3) is 0 Å². The van der Waals surface area contributed by atoms with Gasteiger partial charge < -0.3 is 5.11 Å². The van der Waals surface area contributed by atoms with Gasteiger partial charge >= 0.3 is 0 Å². The van der Waals surface area contributed by atoms with E-state index < -0.39 is 5.60 Å². The Kier molecular flexibility index (Phi) is 2.12. The molecule has 0 bridgehead atoms. The highest BCUT2D eigenvalue weighted by atomic mass is 16.3. The first-order chi connectivity index (χ1) is 7.43. The van der Waals surface area contributed by atoms with Gasteiger partial charge in [0.05, 0.1) is 5.60 Å². The number of aliphatic hydroxyl groups is 1. The molecule has 1 N–H and O–H groups in total. The summed E-state index contributed by atoms with van der Waals surface area (Å²) in [5.41, 5.74) is 1.02. The molecule has 0 unspecified atom stereocenters. The number of rotatable bonds is 1. The predicted octanol–water partition coefficient (Wildman–Crippen LogP) is 3.24. The van der Waals surface area contributed by atoms with Crippen molar-refractivity contribution < 1.29 is 5.11 Å². The molecule has 0 aromatic carbocycles. The molecule has 6 atom stereocenters. The van der Waals surface area contributed by atoms with Gasteiger partial charge in [0.1, 0.15) is 0 Å². The standard InChI is InChI=1S/C15H24O/c1-8(2)12-11-7-9(3)10-5-6-15(4,16)14(10)13(11)12/h8,10-14,16H,3,5-7H2,1-2,4H3/t10-,11+,12+,13+,14-,15-/m1/s1. The number of allylic oxidation sites excluding steroid dienone is 1. The molecule has 0 amide bonds. The van der Waals surface area contributed by atoms with Crippen molar-refractivity contribution in [1.29, 1.82) is 0 Å². The average molecular weight is 220 g/mol. The minimum atomic E-state index is -0.416. The summed E-state index contributed by atoms with van der Waals surface area (Å²) in [5.74, 6) is 4.42. The third kappa shape index (κ3) is 1.27. The minimum Gasteiger partial charge on any atom is -0.390 e. The van der Waals surface area contributed by atoms with E-state index in [0.29, 0.717) is 11.8 Å². The fourth-order valence-electron chi connectivity index (χ4n) is 4.97. The van der Waals surface area contributed by atoms with E-state index in [2.05, 4.69) is 27.4 Å². The fourth-order valence-corrected chi connectivity index (χ4v) is 4.97. The molecule has 1 nitrogen and oxygen atoms in total. The van der Waals surface area contributed by atoms with Gasteiger partial charge in [-0.15, -0.1) is 0 Å². The van der Waals surface area contributed by atoms with Gasteiger partial charge in [-0.3, -0.25) is 0 Å². The van der Waals surface area contributed by atoms with Crippen molar-refractivity contribution in [2.45, 2.75) is 45.6 Å². The zero-order valence-corrected chi connectivity index (χ0v) is 10.7. The largest absolute Gasteiger partial charge is 0.390 e. The maximum atomic E-state index is 10.6. The predicted molar refractivity (Wildman–Crippen MR) is 65.9 cm³/mol. The Morgan fingerprint density at radius 3 is 2.75 bits per heavy atom. The first-order valence-corrected chi connectivity index (χ1v) is 6.83.